The third-order valence-corrected chi connectivity index (χ3v) is 5.38. The Bertz CT molecular complexity index is 646. The number of carbonyl (C=O) groups excluding carboxylic acids is 1. The summed E-state index contributed by atoms with van der Waals surface area (Å²) >= 11 is 6.03. The quantitative estimate of drug-likeness (QED) is 0.885. The Morgan fingerprint density at radius 1 is 1.46 bits per heavy atom. The molecule has 1 aromatic rings. The van der Waals surface area contributed by atoms with Crippen molar-refractivity contribution in [3.63, 3.8) is 0 Å². The molecular formula is C18H22ClNO4. The van der Waals surface area contributed by atoms with Gasteiger partial charge in [0.2, 0.25) is 5.91 Å². The highest BCUT2D eigenvalue weighted by Crippen LogP contribution is 2.49. The lowest BCUT2D eigenvalue weighted by molar-refractivity contribution is -0.159. The molecule has 1 saturated carbocycles. The molecule has 2 aliphatic rings. The van der Waals surface area contributed by atoms with Gasteiger partial charge in [0.05, 0.1) is 6.61 Å². The largest absolute Gasteiger partial charge is 0.481 e. The zero-order valence-electron chi connectivity index (χ0n) is 13.7. The topological polar surface area (TPSA) is 66.8 Å². The van der Waals surface area contributed by atoms with E-state index < -0.39 is 11.4 Å². The smallest absolute Gasteiger partial charge is 0.313 e. The molecule has 3 rings (SSSR count). The van der Waals surface area contributed by atoms with Crippen LogP contribution in [0, 0.1) is 11.3 Å². The van der Waals surface area contributed by atoms with Crippen molar-refractivity contribution in [2.24, 2.45) is 11.3 Å². The molecule has 1 N–H and O–H groups in total. The van der Waals surface area contributed by atoms with Crippen LogP contribution in [0.1, 0.15) is 30.7 Å². The number of carboxylic acids is 1. The summed E-state index contributed by atoms with van der Waals surface area (Å²) in [6.45, 7) is 0.985. The van der Waals surface area contributed by atoms with E-state index in [0.29, 0.717) is 24.4 Å². The van der Waals surface area contributed by atoms with Crippen LogP contribution >= 0.6 is 11.6 Å². The summed E-state index contributed by atoms with van der Waals surface area (Å²) < 4.78 is 5.12. The number of amides is 1. The number of halogens is 1. The van der Waals surface area contributed by atoms with Gasteiger partial charge in [-0.05, 0) is 42.9 Å². The maximum atomic E-state index is 12.8. The number of methoxy groups -OCH3 is 1. The van der Waals surface area contributed by atoms with Gasteiger partial charge in [-0.2, -0.15) is 0 Å². The second-order valence-corrected chi connectivity index (χ2v) is 7.32. The Hall–Kier alpha value is -1.59. The molecule has 6 heteroatoms. The summed E-state index contributed by atoms with van der Waals surface area (Å²) in [4.78, 5) is 26.2. The fraction of sp³-hybridized carbons (Fsp3) is 0.556. The number of benzene rings is 1. The Balaban J connectivity index is 1.69. The molecule has 0 aromatic heterocycles. The molecule has 5 nitrogen and oxygen atoms in total. The number of rotatable bonds is 5. The number of ether oxygens (including phenoxy) is 1. The SMILES string of the molecule is COCC1(C(=O)O)CCCN(C(=O)C2CC2c2cccc(Cl)c2)C1. The van der Waals surface area contributed by atoms with Crippen molar-refractivity contribution in [1.29, 1.82) is 0 Å². The van der Waals surface area contributed by atoms with Crippen molar-refractivity contribution in [1.82, 2.24) is 4.90 Å². The van der Waals surface area contributed by atoms with E-state index in [4.69, 9.17) is 16.3 Å². The summed E-state index contributed by atoms with van der Waals surface area (Å²) in [6, 6.07) is 7.61. The van der Waals surface area contributed by atoms with E-state index in [1.165, 1.54) is 7.11 Å². The van der Waals surface area contributed by atoms with Crippen LogP contribution in [-0.2, 0) is 14.3 Å². The van der Waals surface area contributed by atoms with E-state index in [2.05, 4.69) is 0 Å². The molecule has 3 atom stereocenters. The number of hydrogen-bond donors (Lipinski definition) is 1. The van der Waals surface area contributed by atoms with Crippen LogP contribution in [0.3, 0.4) is 0 Å². The molecule has 1 heterocycles. The molecule has 1 amide bonds. The molecule has 2 fully saturated rings. The first-order valence-corrected chi connectivity index (χ1v) is 8.61. The number of nitrogens with zero attached hydrogens (tertiary/aromatic N) is 1. The predicted molar refractivity (Wildman–Crippen MR) is 90.1 cm³/mol. The van der Waals surface area contributed by atoms with Crippen LogP contribution in [0.5, 0.6) is 0 Å². The van der Waals surface area contributed by atoms with Gasteiger partial charge >= 0.3 is 5.97 Å². The van der Waals surface area contributed by atoms with E-state index in [1.54, 1.807) is 4.90 Å². The van der Waals surface area contributed by atoms with E-state index in [0.717, 1.165) is 12.0 Å². The molecule has 1 saturated heterocycles. The van der Waals surface area contributed by atoms with E-state index in [9.17, 15) is 14.7 Å². The van der Waals surface area contributed by atoms with Gasteiger partial charge in [-0.3, -0.25) is 9.59 Å². The number of carboxylic acid groups (broad SMARTS) is 1. The normalized spacial score (nSPS) is 29.3. The molecule has 1 aromatic carbocycles. The first kappa shape index (κ1) is 17.2. The minimum atomic E-state index is -0.983. The van der Waals surface area contributed by atoms with E-state index in [-0.39, 0.29) is 30.9 Å². The van der Waals surface area contributed by atoms with Crippen molar-refractivity contribution in [3.05, 3.63) is 34.9 Å². The number of likely N-dealkylation sites (tertiary alicyclic amines) is 1. The maximum absolute atomic E-state index is 12.8. The van der Waals surface area contributed by atoms with Crippen molar-refractivity contribution in [2.45, 2.75) is 25.2 Å². The second-order valence-electron chi connectivity index (χ2n) is 6.89. The Morgan fingerprint density at radius 3 is 2.92 bits per heavy atom. The Kier molecular flexibility index (Phi) is 4.83. The highest BCUT2D eigenvalue weighted by molar-refractivity contribution is 6.30. The fourth-order valence-corrected chi connectivity index (χ4v) is 3.96. The molecule has 1 aliphatic carbocycles. The van der Waals surface area contributed by atoms with Gasteiger partial charge < -0.3 is 14.7 Å². The summed E-state index contributed by atoms with van der Waals surface area (Å²) in [6.07, 6.45) is 2.04. The first-order valence-electron chi connectivity index (χ1n) is 8.23. The molecule has 0 radical (unpaired) electrons. The Morgan fingerprint density at radius 2 is 2.25 bits per heavy atom. The molecule has 24 heavy (non-hydrogen) atoms. The predicted octanol–water partition coefficient (Wildman–Crippen LogP) is 2.78. The summed E-state index contributed by atoms with van der Waals surface area (Å²) in [5, 5.41) is 10.3. The lowest BCUT2D eigenvalue weighted by atomic mass is 9.80. The zero-order chi connectivity index (χ0) is 17.3. The highest BCUT2D eigenvalue weighted by Gasteiger charge is 2.50. The second kappa shape index (κ2) is 6.73. The fourth-order valence-electron chi connectivity index (χ4n) is 3.76. The molecule has 130 valence electrons. The van der Waals surface area contributed by atoms with Gasteiger partial charge in [-0.25, -0.2) is 0 Å². The van der Waals surface area contributed by atoms with Crippen LogP contribution in [0.25, 0.3) is 0 Å². The number of carbonyl (C=O) groups is 2. The molecular weight excluding hydrogens is 330 g/mol. The summed E-state index contributed by atoms with van der Waals surface area (Å²) in [5.41, 5.74) is 0.0996. The van der Waals surface area contributed by atoms with Crippen molar-refractivity contribution in [2.75, 3.05) is 26.8 Å². The average Bonchev–Trinajstić information content (AvgIpc) is 3.35. The minimum absolute atomic E-state index is 0.0569. The van der Waals surface area contributed by atoms with E-state index in [1.807, 2.05) is 24.3 Å². The zero-order valence-corrected chi connectivity index (χ0v) is 14.5. The molecule has 3 unspecified atom stereocenters. The number of aliphatic carboxylic acids is 1. The van der Waals surface area contributed by atoms with Gasteiger partial charge in [0.1, 0.15) is 5.41 Å². The monoisotopic (exact) mass is 351 g/mol. The molecule has 0 bridgehead atoms. The maximum Gasteiger partial charge on any atom is 0.313 e. The summed E-state index contributed by atoms with van der Waals surface area (Å²) in [7, 11) is 1.50. The third-order valence-electron chi connectivity index (χ3n) is 5.15. The van der Waals surface area contributed by atoms with E-state index >= 15 is 0 Å². The van der Waals surface area contributed by atoms with Gasteiger partial charge in [-0.1, -0.05) is 23.7 Å². The van der Waals surface area contributed by atoms with Gasteiger partial charge in [0, 0.05) is 31.1 Å². The van der Waals surface area contributed by atoms with Crippen LogP contribution in [0.2, 0.25) is 5.02 Å². The lowest BCUT2D eigenvalue weighted by Crippen LogP contribution is -2.52. The lowest BCUT2D eigenvalue weighted by Gasteiger charge is -2.39. The van der Waals surface area contributed by atoms with Crippen LogP contribution < -0.4 is 0 Å². The minimum Gasteiger partial charge on any atom is -0.481 e. The van der Waals surface area contributed by atoms with Crippen molar-refractivity contribution < 1.29 is 19.4 Å². The molecule has 1 aliphatic heterocycles. The number of hydrogen-bond acceptors (Lipinski definition) is 3. The average molecular weight is 352 g/mol. The van der Waals surface area contributed by atoms with Gasteiger partial charge in [0.15, 0.2) is 0 Å². The van der Waals surface area contributed by atoms with Crippen molar-refractivity contribution in [3.8, 4) is 0 Å². The summed E-state index contributed by atoms with van der Waals surface area (Å²) in [5.74, 6) is -0.694. The van der Waals surface area contributed by atoms with Gasteiger partial charge in [-0.15, -0.1) is 0 Å². The number of piperidine rings is 1. The standard InChI is InChI=1S/C18H22ClNO4/c1-24-11-18(17(22)23)6-3-7-20(10-18)16(21)15-9-14(15)12-4-2-5-13(19)8-12/h2,4-5,8,14-15H,3,6-7,9-11H2,1H3,(H,22,23). The van der Waals surface area contributed by atoms with Crippen LogP contribution in [0.4, 0.5) is 0 Å². The van der Waals surface area contributed by atoms with Crippen molar-refractivity contribution >= 4 is 23.5 Å². The van der Waals surface area contributed by atoms with Crippen LogP contribution in [-0.4, -0.2) is 48.7 Å². The first-order chi connectivity index (χ1) is 11.5. The third kappa shape index (κ3) is 3.28. The Labute approximate surface area is 146 Å². The highest BCUT2D eigenvalue weighted by atomic mass is 35.5. The van der Waals surface area contributed by atoms with Gasteiger partial charge in [0.25, 0.3) is 0 Å². The molecule has 0 spiro atoms. The van der Waals surface area contributed by atoms with Crippen LogP contribution in [0.15, 0.2) is 24.3 Å².